The van der Waals surface area contributed by atoms with E-state index in [0.717, 1.165) is 37.3 Å². The number of aliphatic hydroxyl groups excluding tert-OH is 1. The van der Waals surface area contributed by atoms with Crippen LogP contribution in [0.4, 0.5) is 0 Å². The molecule has 0 saturated carbocycles. The number of ether oxygens (including phenoxy) is 1. The number of aryl methyl sites for hydroxylation is 2. The molecular weight excluding hydrogens is 228 g/mol. The molecular formula is C14H24N2O2. The number of rotatable bonds is 5. The van der Waals surface area contributed by atoms with E-state index in [1.165, 1.54) is 0 Å². The number of hydrogen-bond acceptors (Lipinski definition) is 3. The van der Waals surface area contributed by atoms with Crippen molar-refractivity contribution in [2.24, 2.45) is 13.0 Å². The third kappa shape index (κ3) is 2.75. The average molecular weight is 252 g/mol. The Morgan fingerprint density at radius 2 is 2.33 bits per heavy atom. The molecule has 1 aromatic heterocycles. The summed E-state index contributed by atoms with van der Waals surface area (Å²) >= 11 is 0. The van der Waals surface area contributed by atoms with Gasteiger partial charge in [-0.2, -0.15) is 5.10 Å². The van der Waals surface area contributed by atoms with Gasteiger partial charge < -0.3 is 9.84 Å². The molecule has 1 N–H and O–H groups in total. The lowest BCUT2D eigenvalue weighted by atomic mass is 9.90. The molecule has 1 aromatic rings. The van der Waals surface area contributed by atoms with Crippen molar-refractivity contribution in [1.82, 2.24) is 9.78 Å². The predicted octanol–water partition coefficient (Wildman–Crippen LogP) is 1.70. The summed E-state index contributed by atoms with van der Waals surface area (Å²) in [5, 5.41) is 14.8. The van der Waals surface area contributed by atoms with Gasteiger partial charge in [-0.15, -0.1) is 0 Å². The molecule has 0 aromatic carbocycles. The van der Waals surface area contributed by atoms with Gasteiger partial charge in [0.05, 0.1) is 17.9 Å². The SMILES string of the molecule is CCc1cc(CC(O)C2CCOC2CC)n(C)n1. The van der Waals surface area contributed by atoms with Gasteiger partial charge >= 0.3 is 0 Å². The maximum Gasteiger partial charge on any atom is 0.0649 e. The summed E-state index contributed by atoms with van der Waals surface area (Å²) in [6.45, 7) is 5.00. The zero-order chi connectivity index (χ0) is 13.1. The van der Waals surface area contributed by atoms with Crippen molar-refractivity contribution in [1.29, 1.82) is 0 Å². The van der Waals surface area contributed by atoms with E-state index in [1.807, 2.05) is 11.7 Å². The number of nitrogens with zero attached hydrogens (tertiary/aromatic N) is 2. The first-order valence-electron chi connectivity index (χ1n) is 6.97. The van der Waals surface area contributed by atoms with Gasteiger partial charge in [-0.3, -0.25) is 4.68 Å². The lowest BCUT2D eigenvalue weighted by molar-refractivity contribution is 0.0310. The highest BCUT2D eigenvalue weighted by atomic mass is 16.5. The molecule has 0 spiro atoms. The second-order valence-electron chi connectivity index (χ2n) is 5.15. The lowest BCUT2D eigenvalue weighted by Gasteiger charge is -2.22. The normalized spacial score (nSPS) is 25.6. The molecule has 1 aliphatic rings. The number of aromatic nitrogens is 2. The minimum Gasteiger partial charge on any atom is -0.392 e. The van der Waals surface area contributed by atoms with Crippen molar-refractivity contribution in [2.75, 3.05) is 6.61 Å². The highest BCUT2D eigenvalue weighted by molar-refractivity contribution is 5.11. The molecule has 18 heavy (non-hydrogen) atoms. The van der Waals surface area contributed by atoms with Crippen LogP contribution in [0.3, 0.4) is 0 Å². The summed E-state index contributed by atoms with van der Waals surface area (Å²) in [4.78, 5) is 0. The first-order valence-corrected chi connectivity index (χ1v) is 6.97. The fourth-order valence-electron chi connectivity index (χ4n) is 2.83. The van der Waals surface area contributed by atoms with Crippen molar-refractivity contribution in [3.05, 3.63) is 17.5 Å². The monoisotopic (exact) mass is 252 g/mol. The Balaban J connectivity index is 2.01. The Bertz CT molecular complexity index is 389. The lowest BCUT2D eigenvalue weighted by Crippen LogP contribution is -2.30. The Labute approximate surface area is 109 Å². The topological polar surface area (TPSA) is 47.3 Å². The standard InChI is InChI=1S/C14H24N2O2/c1-4-10-8-11(16(3)15-10)9-13(17)12-6-7-18-14(12)5-2/h8,12-14,17H,4-7,9H2,1-3H3. The van der Waals surface area contributed by atoms with Gasteiger partial charge in [0.15, 0.2) is 0 Å². The third-order valence-corrected chi connectivity index (χ3v) is 3.97. The van der Waals surface area contributed by atoms with Crippen molar-refractivity contribution >= 4 is 0 Å². The first-order chi connectivity index (χ1) is 8.65. The molecule has 3 atom stereocenters. The Kier molecular flexibility index (Phi) is 4.40. The minimum atomic E-state index is -0.322. The third-order valence-electron chi connectivity index (χ3n) is 3.97. The quantitative estimate of drug-likeness (QED) is 0.867. The van der Waals surface area contributed by atoms with Gasteiger partial charge in [0.25, 0.3) is 0 Å². The summed E-state index contributed by atoms with van der Waals surface area (Å²) in [6, 6.07) is 2.10. The minimum absolute atomic E-state index is 0.221. The van der Waals surface area contributed by atoms with Gasteiger partial charge in [-0.1, -0.05) is 13.8 Å². The molecule has 2 heterocycles. The second-order valence-corrected chi connectivity index (χ2v) is 5.15. The summed E-state index contributed by atoms with van der Waals surface area (Å²) in [5.74, 6) is 0.273. The highest BCUT2D eigenvalue weighted by Crippen LogP contribution is 2.28. The van der Waals surface area contributed by atoms with E-state index in [1.54, 1.807) is 0 Å². The van der Waals surface area contributed by atoms with E-state index in [0.29, 0.717) is 6.42 Å². The van der Waals surface area contributed by atoms with Crippen LogP contribution in [0, 0.1) is 5.92 Å². The van der Waals surface area contributed by atoms with Crippen LogP contribution >= 0.6 is 0 Å². The van der Waals surface area contributed by atoms with Crippen LogP contribution in [0.15, 0.2) is 6.07 Å². The van der Waals surface area contributed by atoms with E-state index in [9.17, 15) is 5.11 Å². The molecule has 4 nitrogen and oxygen atoms in total. The smallest absolute Gasteiger partial charge is 0.0649 e. The zero-order valence-electron chi connectivity index (χ0n) is 11.6. The molecule has 0 amide bonds. The van der Waals surface area contributed by atoms with E-state index in [2.05, 4.69) is 25.0 Å². The van der Waals surface area contributed by atoms with Gasteiger partial charge in [0, 0.05) is 31.7 Å². The van der Waals surface area contributed by atoms with Crippen LogP contribution in [0.2, 0.25) is 0 Å². The first kappa shape index (κ1) is 13.6. The second kappa shape index (κ2) is 5.85. The van der Waals surface area contributed by atoms with Gasteiger partial charge in [0.1, 0.15) is 0 Å². The largest absolute Gasteiger partial charge is 0.392 e. The summed E-state index contributed by atoms with van der Waals surface area (Å²) in [7, 11) is 1.95. The van der Waals surface area contributed by atoms with Crippen molar-refractivity contribution in [3.8, 4) is 0 Å². The van der Waals surface area contributed by atoms with Crippen LogP contribution in [0.5, 0.6) is 0 Å². The van der Waals surface area contributed by atoms with Gasteiger partial charge in [0.2, 0.25) is 0 Å². The van der Waals surface area contributed by atoms with Crippen LogP contribution < -0.4 is 0 Å². The molecule has 3 unspecified atom stereocenters. The summed E-state index contributed by atoms with van der Waals surface area (Å²) < 4.78 is 7.54. The van der Waals surface area contributed by atoms with Crippen molar-refractivity contribution in [3.63, 3.8) is 0 Å². The van der Waals surface area contributed by atoms with Crippen molar-refractivity contribution < 1.29 is 9.84 Å². The average Bonchev–Trinajstić information content (AvgIpc) is 2.96. The van der Waals surface area contributed by atoms with E-state index in [4.69, 9.17) is 4.74 Å². The highest BCUT2D eigenvalue weighted by Gasteiger charge is 2.33. The number of hydrogen-bond donors (Lipinski definition) is 1. The Morgan fingerprint density at radius 3 is 2.94 bits per heavy atom. The molecule has 1 aliphatic heterocycles. The maximum absolute atomic E-state index is 10.4. The van der Waals surface area contributed by atoms with Crippen LogP contribution in [-0.4, -0.2) is 33.7 Å². The molecule has 0 radical (unpaired) electrons. The molecule has 0 bridgehead atoms. The van der Waals surface area contributed by atoms with Gasteiger partial charge in [-0.05, 0) is 25.3 Å². The van der Waals surface area contributed by atoms with Crippen molar-refractivity contribution in [2.45, 2.75) is 51.7 Å². The van der Waals surface area contributed by atoms with E-state index in [-0.39, 0.29) is 18.1 Å². The molecule has 2 rings (SSSR count). The maximum atomic E-state index is 10.4. The molecule has 1 fully saturated rings. The van der Waals surface area contributed by atoms with Crippen LogP contribution in [0.1, 0.15) is 38.1 Å². The molecule has 4 heteroatoms. The van der Waals surface area contributed by atoms with Crippen LogP contribution in [-0.2, 0) is 24.6 Å². The van der Waals surface area contributed by atoms with E-state index < -0.39 is 0 Å². The summed E-state index contributed by atoms with van der Waals surface area (Å²) in [6.07, 6.45) is 3.46. The van der Waals surface area contributed by atoms with Crippen LogP contribution in [0.25, 0.3) is 0 Å². The number of aliphatic hydroxyl groups is 1. The fourth-order valence-corrected chi connectivity index (χ4v) is 2.83. The molecule has 0 aliphatic carbocycles. The Hall–Kier alpha value is -0.870. The Morgan fingerprint density at radius 1 is 1.56 bits per heavy atom. The molecule has 1 saturated heterocycles. The fraction of sp³-hybridized carbons (Fsp3) is 0.786. The molecule has 102 valence electrons. The zero-order valence-corrected chi connectivity index (χ0v) is 11.6. The predicted molar refractivity (Wildman–Crippen MR) is 70.4 cm³/mol. The van der Waals surface area contributed by atoms with Gasteiger partial charge in [-0.25, -0.2) is 0 Å². The summed E-state index contributed by atoms with van der Waals surface area (Å²) in [5.41, 5.74) is 2.20. The van der Waals surface area contributed by atoms with E-state index >= 15 is 0 Å².